The smallest absolute Gasteiger partial charge is 0.220 e. The lowest BCUT2D eigenvalue weighted by atomic mass is 9.91. The van der Waals surface area contributed by atoms with E-state index in [4.69, 9.17) is 0 Å². The van der Waals surface area contributed by atoms with Crippen LogP contribution >= 0.6 is 7.44 Å². The second-order valence-corrected chi connectivity index (χ2v) is 12.5. The molecule has 1 aliphatic carbocycles. The van der Waals surface area contributed by atoms with Crippen LogP contribution < -0.4 is 4.90 Å². The van der Waals surface area contributed by atoms with Crippen molar-refractivity contribution in [1.82, 2.24) is 9.34 Å². The van der Waals surface area contributed by atoms with Crippen LogP contribution in [-0.2, 0) is 21.9 Å². The number of benzene rings is 3. The maximum absolute atomic E-state index is 13.6. The Morgan fingerprint density at radius 3 is 2.29 bits per heavy atom. The van der Waals surface area contributed by atoms with Gasteiger partial charge < -0.3 is 0 Å². The van der Waals surface area contributed by atoms with E-state index in [1.807, 2.05) is 53.8 Å². The van der Waals surface area contributed by atoms with E-state index in [0.717, 1.165) is 61.3 Å². The summed E-state index contributed by atoms with van der Waals surface area (Å²) in [6.07, 6.45) is 6.30. The molecule has 0 unspecified atom stereocenters. The number of allylic oxidation sites excluding steroid dienone is 1. The number of hydrogen-bond acceptors (Lipinski definition) is 2. The third kappa shape index (κ3) is 4.77. The first-order valence-electron chi connectivity index (χ1n) is 12.2. The number of rotatable bonds is 6. The molecule has 0 spiro atoms. The van der Waals surface area contributed by atoms with Gasteiger partial charge in [-0.2, -0.15) is 0 Å². The lowest BCUT2D eigenvalue weighted by Gasteiger charge is -2.39. The fraction of sp³-hybridized carbons (Fsp3) is 0.276. The molecule has 1 aliphatic heterocycles. The van der Waals surface area contributed by atoms with Gasteiger partial charge in [0.05, 0.1) is 6.16 Å². The zero-order valence-corrected chi connectivity index (χ0v) is 21.3. The second-order valence-electron chi connectivity index (χ2n) is 9.50. The number of nitrogens with zero attached hydrogens (tertiary/aromatic N) is 3. The van der Waals surface area contributed by atoms with E-state index in [-0.39, 0.29) is 0 Å². The third-order valence-electron chi connectivity index (χ3n) is 7.27. The van der Waals surface area contributed by atoms with Crippen LogP contribution in [0.1, 0.15) is 29.5 Å². The SMILES string of the molecule is CN1CCCN(C)P1(=O)Cc1ccc(N(C=O)C2=Cc3cc(-c4ccccc4)ccc3CC2)cc1. The number of aryl methyl sites for hydroxylation is 1. The molecule has 1 heterocycles. The minimum atomic E-state index is -2.58. The molecule has 0 radical (unpaired) electrons. The first kappa shape index (κ1) is 23.7. The molecule has 5 rings (SSSR count). The molecule has 0 aromatic heterocycles. The minimum absolute atomic E-state index is 0.514. The largest absolute Gasteiger partial charge is 0.288 e. The van der Waals surface area contributed by atoms with E-state index in [2.05, 4.69) is 48.5 Å². The van der Waals surface area contributed by atoms with Gasteiger partial charge in [-0.05, 0) is 85.5 Å². The number of anilines is 1. The van der Waals surface area contributed by atoms with Crippen molar-refractivity contribution in [2.24, 2.45) is 0 Å². The van der Waals surface area contributed by atoms with Crippen molar-refractivity contribution in [2.75, 3.05) is 32.1 Å². The van der Waals surface area contributed by atoms with E-state index in [1.54, 1.807) is 4.90 Å². The lowest BCUT2D eigenvalue weighted by Crippen LogP contribution is -2.35. The Balaban J connectivity index is 1.38. The highest BCUT2D eigenvalue weighted by Gasteiger charge is 2.35. The van der Waals surface area contributed by atoms with Crippen molar-refractivity contribution in [2.45, 2.75) is 25.4 Å². The predicted octanol–water partition coefficient (Wildman–Crippen LogP) is 6.26. The van der Waals surface area contributed by atoms with E-state index in [0.29, 0.717) is 6.16 Å². The Morgan fingerprint density at radius 2 is 1.60 bits per heavy atom. The van der Waals surface area contributed by atoms with Gasteiger partial charge in [0.15, 0.2) is 0 Å². The zero-order valence-electron chi connectivity index (χ0n) is 20.4. The molecule has 0 saturated carbocycles. The normalized spacial score (nSPS) is 17.9. The lowest BCUT2D eigenvalue weighted by molar-refractivity contribution is -0.107. The molecule has 0 N–H and O–H groups in total. The molecule has 1 amide bonds. The van der Waals surface area contributed by atoms with Crippen LogP contribution in [0.3, 0.4) is 0 Å². The highest BCUT2D eigenvalue weighted by molar-refractivity contribution is 7.58. The molecular formula is C29H32N3O2P. The molecular weight excluding hydrogens is 453 g/mol. The van der Waals surface area contributed by atoms with E-state index < -0.39 is 7.44 Å². The van der Waals surface area contributed by atoms with Gasteiger partial charge in [-0.25, -0.2) is 9.34 Å². The summed E-state index contributed by atoms with van der Waals surface area (Å²) < 4.78 is 17.6. The molecule has 3 aromatic carbocycles. The van der Waals surface area contributed by atoms with Crippen LogP contribution in [0.25, 0.3) is 17.2 Å². The van der Waals surface area contributed by atoms with Crippen LogP contribution in [0.5, 0.6) is 0 Å². The maximum atomic E-state index is 13.6. The van der Waals surface area contributed by atoms with Crippen molar-refractivity contribution < 1.29 is 9.36 Å². The van der Waals surface area contributed by atoms with Crippen molar-refractivity contribution in [3.05, 3.63) is 95.2 Å². The maximum Gasteiger partial charge on any atom is 0.220 e. The molecule has 1 saturated heterocycles. The molecule has 5 nitrogen and oxygen atoms in total. The predicted molar refractivity (Wildman–Crippen MR) is 144 cm³/mol. The Kier molecular flexibility index (Phi) is 6.75. The first-order valence-corrected chi connectivity index (χ1v) is 14.0. The Hall–Kier alpha value is -2.98. The van der Waals surface area contributed by atoms with Crippen LogP contribution in [0.4, 0.5) is 5.69 Å². The van der Waals surface area contributed by atoms with Crippen molar-refractivity contribution in [3.8, 4) is 11.1 Å². The van der Waals surface area contributed by atoms with Crippen molar-refractivity contribution >= 4 is 25.6 Å². The molecule has 2 aliphatic rings. The summed E-state index contributed by atoms with van der Waals surface area (Å²) in [5.41, 5.74) is 7.69. The van der Waals surface area contributed by atoms with Gasteiger partial charge in [0, 0.05) is 24.5 Å². The monoisotopic (exact) mass is 485 g/mol. The van der Waals surface area contributed by atoms with E-state index in [1.165, 1.54) is 16.7 Å². The standard InChI is InChI=1S/C29H32N3O2P/c1-30-17-6-18-31(2)35(30,34)21-23-9-14-28(15-10-23)32(22-33)29-16-13-25-11-12-26(19-27(25)20-29)24-7-4-3-5-8-24/h3-5,7-12,14-15,19-20,22H,6,13,16-18,21H2,1-2H3. The number of hydrogen-bond donors (Lipinski definition) is 0. The topological polar surface area (TPSA) is 43.9 Å². The van der Waals surface area contributed by atoms with Gasteiger partial charge >= 0.3 is 0 Å². The fourth-order valence-corrected chi connectivity index (χ4v) is 7.71. The molecule has 3 aromatic rings. The number of amides is 1. The van der Waals surface area contributed by atoms with Crippen molar-refractivity contribution in [3.63, 3.8) is 0 Å². The molecule has 6 heteroatoms. The second kappa shape index (κ2) is 9.94. The van der Waals surface area contributed by atoms with Gasteiger partial charge in [-0.3, -0.25) is 14.3 Å². The Bertz CT molecular complexity index is 1270. The molecule has 35 heavy (non-hydrogen) atoms. The highest BCUT2D eigenvalue weighted by atomic mass is 31.2. The summed E-state index contributed by atoms with van der Waals surface area (Å²) >= 11 is 0. The summed E-state index contributed by atoms with van der Waals surface area (Å²) in [4.78, 5) is 13.9. The van der Waals surface area contributed by atoms with Crippen LogP contribution in [0.2, 0.25) is 0 Å². The summed E-state index contributed by atoms with van der Waals surface area (Å²) in [7, 11) is 1.32. The van der Waals surface area contributed by atoms with Gasteiger partial charge in [0.25, 0.3) is 0 Å². The molecule has 0 bridgehead atoms. The summed E-state index contributed by atoms with van der Waals surface area (Å²) in [5.74, 6) is 0. The summed E-state index contributed by atoms with van der Waals surface area (Å²) in [6, 6.07) is 24.9. The van der Waals surface area contributed by atoms with E-state index >= 15 is 0 Å². The third-order valence-corrected chi connectivity index (χ3v) is 10.6. The van der Waals surface area contributed by atoms with Gasteiger partial charge in [0.1, 0.15) is 0 Å². The number of fused-ring (bicyclic) bond motifs is 1. The van der Waals surface area contributed by atoms with Gasteiger partial charge in [-0.15, -0.1) is 0 Å². The van der Waals surface area contributed by atoms with Gasteiger partial charge in [-0.1, -0.05) is 54.6 Å². The molecule has 180 valence electrons. The Labute approximate surface area is 208 Å². The molecule has 0 atom stereocenters. The van der Waals surface area contributed by atoms with Crippen molar-refractivity contribution in [1.29, 1.82) is 0 Å². The van der Waals surface area contributed by atoms with E-state index in [9.17, 15) is 9.36 Å². The van der Waals surface area contributed by atoms with Crippen LogP contribution in [0, 0.1) is 0 Å². The fourth-order valence-electron chi connectivity index (χ4n) is 5.11. The van der Waals surface area contributed by atoms with Crippen LogP contribution in [0.15, 0.2) is 78.5 Å². The first-order chi connectivity index (χ1) is 17.0. The molecule has 1 fully saturated rings. The quantitative estimate of drug-likeness (QED) is 0.305. The highest BCUT2D eigenvalue weighted by Crippen LogP contribution is 2.56. The van der Waals surface area contributed by atoms with Crippen LogP contribution in [-0.4, -0.2) is 42.9 Å². The van der Waals surface area contributed by atoms with Gasteiger partial charge in [0.2, 0.25) is 13.9 Å². The average Bonchev–Trinajstić information content (AvgIpc) is 2.89. The minimum Gasteiger partial charge on any atom is -0.288 e. The zero-order chi connectivity index (χ0) is 24.4. The average molecular weight is 486 g/mol. The number of carbonyl (C=O) groups is 1. The summed E-state index contributed by atoms with van der Waals surface area (Å²) in [5, 5.41) is 0. The summed E-state index contributed by atoms with van der Waals surface area (Å²) in [6.45, 7) is 1.72. The Morgan fingerprint density at radius 1 is 0.886 bits per heavy atom. The number of carbonyl (C=O) groups excluding carboxylic acids is 1.